The van der Waals surface area contributed by atoms with Crippen LogP contribution in [-0.4, -0.2) is 31.6 Å². The second-order valence-corrected chi connectivity index (χ2v) is 9.09. The lowest BCUT2D eigenvalue weighted by atomic mass is 9.92. The molecule has 0 aliphatic carbocycles. The van der Waals surface area contributed by atoms with Gasteiger partial charge in [-0.3, -0.25) is 14.7 Å². The Morgan fingerprint density at radius 1 is 1.09 bits per heavy atom. The number of hydrogen-bond acceptors (Lipinski definition) is 6. The lowest BCUT2D eigenvalue weighted by molar-refractivity contribution is -0.113. The highest BCUT2D eigenvalue weighted by Crippen LogP contribution is 2.28. The maximum absolute atomic E-state index is 13.5. The molecule has 0 saturated heterocycles. The Morgan fingerprint density at radius 2 is 1.81 bits per heavy atom. The summed E-state index contributed by atoms with van der Waals surface area (Å²) in [5.41, 5.74) is 2.13. The van der Waals surface area contributed by atoms with E-state index in [1.54, 1.807) is 22.8 Å². The van der Waals surface area contributed by atoms with Gasteiger partial charge in [-0.1, -0.05) is 68.0 Å². The van der Waals surface area contributed by atoms with Crippen molar-refractivity contribution < 1.29 is 13.7 Å². The Labute approximate surface area is 189 Å². The summed E-state index contributed by atoms with van der Waals surface area (Å²) in [6.07, 6.45) is 0. The average molecular weight is 452 g/mol. The molecule has 2 aromatic heterocycles. The van der Waals surface area contributed by atoms with Crippen molar-refractivity contribution in [2.45, 2.75) is 31.3 Å². The fraction of sp³-hybridized carbons (Fsp3) is 0.217. The third-order valence-corrected chi connectivity index (χ3v) is 5.55. The molecule has 0 fully saturated rings. The molecule has 7 nitrogen and oxygen atoms in total. The highest BCUT2D eigenvalue weighted by atomic mass is 32.2. The summed E-state index contributed by atoms with van der Waals surface area (Å²) < 4.78 is 20.5. The third-order valence-electron chi connectivity index (χ3n) is 4.62. The minimum Gasteiger partial charge on any atom is -0.338 e. The van der Waals surface area contributed by atoms with Gasteiger partial charge in [0.25, 0.3) is 0 Å². The molecular weight excluding hydrogens is 429 g/mol. The number of benzene rings is 2. The first kappa shape index (κ1) is 21.8. The number of nitrogens with one attached hydrogen (secondary N) is 1. The first-order valence-electron chi connectivity index (χ1n) is 9.98. The number of amides is 1. The Kier molecular flexibility index (Phi) is 6.09. The van der Waals surface area contributed by atoms with Gasteiger partial charge in [-0.15, -0.1) is 10.2 Å². The molecule has 9 heteroatoms. The summed E-state index contributed by atoms with van der Waals surface area (Å²) in [4.78, 5) is 12.5. The topological polar surface area (TPSA) is 85.8 Å². The molecule has 2 heterocycles. The van der Waals surface area contributed by atoms with Crippen LogP contribution in [0.15, 0.2) is 70.3 Å². The number of anilines is 1. The minimum absolute atomic E-state index is 0.0830. The SMILES string of the molecule is CC(C)(C)c1cc(NC(=O)CSc2nnc(-c3ccccc3)n2-c2ccc(F)cc2)on1. The molecule has 0 saturated carbocycles. The molecule has 0 radical (unpaired) electrons. The highest BCUT2D eigenvalue weighted by molar-refractivity contribution is 7.99. The van der Waals surface area contributed by atoms with Gasteiger partial charge in [0.15, 0.2) is 11.0 Å². The molecule has 2 aromatic carbocycles. The van der Waals surface area contributed by atoms with Crippen LogP contribution < -0.4 is 5.32 Å². The van der Waals surface area contributed by atoms with E-state index in [2.05, 4.69) is 20.7 Å². The Hall–Kier alpha value is -3.46. The Bertz CT molecular complexity index is 1210. The van der Waals surface area contributed by atoms with Crippen LogP contribution in [0.5, 0.6) is 0 Å². The van der Waals surface area contributed by atoms with Crippen molar-refractivity contribution in [1.82, 2.24) is 19.9 Å². The van der Waals surface area contributed by atoms with Crippen molar-refractivity contribution in [3.63, 3.8) is 0 Å². The highest BCUT2D eigenvalue weighted by Gasteiger charge is 2.21. The van der Waals surface area contributed by atoms with Gasteiger partial charge in [-0.25, -0.2) is 4.39 Å². The van der Waals surface area contributed by atoms with E-state index in [4.69, 9.17) is 4.52 Å². The Balaban J connectivity index is 1.54. The van der Waals surface area contributed by atoms with Crippen LogP contribution in [0.4, 0.5) is 10.3 Å². The van der Waals surface area contributed by atoms with Gasteiger partial charge in [-0.05, 0) is 24.3 Å². The van der Waals surface area contributed by atoms with Crippen LogP contribution in [0.25, 0.3) is 17.1 Å². The van der Waals surface area contributed by atoms with Gasteiger partial charge in [-0.2, -0.15) is 0 Å². The second kappa shape index (κ2) is 8.96. The number of carbonyl (C=O) groups excluding carboxylic acids is 1. The molecular formula is C23H22FN5O2S. The number of thioether (sulfide) groups is 1. The van der Waals surface area contributed by atoms with Crippen molar-refractivity contribution in [2.24, 2.45) is 0 Å². The monoisotopic (exact) mass is 451 g/mol. The first-order valence-corrected chi connectivity index (χ1v) is 11.0. The van der Waals surface area contributed by atoms with Crippen molar-refractivity contribution in [2.75, 3.05) is 11.1 Å². The minimum atomic E-state index is -0.335. The predicted molar refractivity (Wildman–Crippen MR) is 121 cm³/mol. The normalized spacial score (nSPS) is 11.5. The van der Waals surface area contributed by atoms with E-state index in [0.29, 0.717) is 22.6 Å². The third kappa shape index (κ3) is 4.88. The van der Waals surface area contributed by atoms with Crippen molar-refractivity contribution in [3.8, 4) is 17.1 Å². The smallest absolute Gasteiger partial charge is 0.237 e. The van der Waals surface area contributed by atoms with E-state index >= 15 is 0 Å². The van der Waals surface area contributed by atoms with E-state index in [9.17, 15) is 9.18 Å². The summed E-state index contributed by atoms with van der Waals surface area (Å²) in [5.74, 6) is 0.384. The number of rotatable bonds is 6. The summed E-state index contributed by atoms with van der Waals surface area (Å²) in [6, 6.07) is 17.3. The molecule has 0 atom stereocenters. The summed E-state index contributed by atoms with van der Waals surface area (Å²) >= 11 is 1.22. The van der Waals surface area contributed by atoms with Crippen LogP contribution >= 0.6 is 11.8 Å². The van der Waals surface area contributed by atoms with Gasteiger partial charge in [0, 0.05) is 22.7 Å². The molecule has 4 aromatic rings. The standard InChI is InChI=1S/C23H22FN5O2S/c1-23(2,3)18-13-20(31-28-18)25-19(30)14-32-22-27-26-21(15-7-5-4-6-8-15)29(22)17-11-9-16(24)10-12-17/h4-13H,14H2,1-3H3,(H,25,30). The number of halogens is 1. The van der Waals surface area contributed by atoms with Crippen LogP contribution in [0, 0.1) is 5.82 Å². The van der Waals surface area contributed by atoms with Gasteiger partial charge >= 0.3 is 0 Å². The Morgan fingerprint density at radius 3 is 2.47 bits per heavy atom. The average Bonchev–Trinajstić information content (AvgIpc) is 3.41. The van der Waals surface area contributed by atoms with E-state index in [0.717, 1.165) is 11.3 Å². The molecule has 164 valence electrons. The molecule has 0 spiro atoms. The largest absolute Gasteiger partial charge is 0.338 e. The lowest BCUT2D eigenvalue weighted by Crippen LogP contribution is -2.14. The second-order valence-electron chi connectivity index (χ2n) is 8.15. The van der Waals surface area contributed by atoms with Crippen LogP contribution in [0.1, 0.15) is 26.5 Å². The molecule has 32 heavy (non-hydrogen) atoms. The van der Waals surface area contributed by atoms with Crippen LogP contribution in [0.2, 0.25) is 0 Å². The van der Waals surface area contributed by atoms with E-state index in [1.165, 1.54) is 23.9 Å². The molecule has 0 unspecified atom stereocenters. The maximum atomic E-state index is 13.5. The fourth-order valence-electron chi connectivity index (χ4n) is 2.95. The van der Waals surface area contributed by atoms with E-state index in [1.807, 2.05) is 51.1 Å². The van der Waals surface area contributed by atoms with E-state index < -0.39 is 0 Å². The number of nitrogens with zero attached hydrogens (tertiary/aromatic N) is 4. The quantitative estimate of drug-likeness (QED) is 0.411. The van der Waals surface area contributed by atoms with Crippen LogP contribution in [0.3, 0.4) is 0 Å². The van der Waals surface area contributed by atoms with Gasteiger partial charge in [0.1, 0.15) is 5.82 Å². The summed E-state index contributed by atoms with van der Waals surface area (Å²) in [5, 5.41) is 15.8. The van der Waals surface area contributed by atoms with Crippen LogP contribution in [-0.2, 0) is 10.2 Å². The van der Waals surface area contributed by atoms with Crippen molar-refractivity contribution >= 4 is 23.6 Å². The molecule has 0 aliphatic heterocycles. The molecule has 0 bridgehead atoms. The zero-order valence-corrected chi connectivity index (χ0v) is 18.7. The predicted octanol–water partition coefficient (Wildman–Crippen LogP) is 5.09. The molecule has 0 aliphatic rings. The van der Waals surface area contributed by atoms with Crippen molar-refractivity contribution in [1.29, 1.82) is 0 Å². The van der Waals surface area contributed by atoms with Gasteiger partial charge in [0.2, 0.25) is 11.8 Å². The number of aromatic nitrogens is 4. The van der Waals surface area contributed by atoms with Crippen molar-refractivity contribution in [3.05, 3.63) is 72.2 Å². The molecule has 1 N–H and O–H groups in total. The molecule has 1 amide bonds. The number of hydrogen-bond donors (Lipinski definition) is 1. The van der Waals surface area contributed by atoms with E-state index in [-0.39, 0.29) is 22.9 Å². The molecule has 4 rings (SSSR count). The van der Waals surface area contributed by atoms with Gasteiger partial charge < -0.3 is 4.52 Å². The fourth-order valence-corrected chi connectivity index (χ4v) is 3.70. The zero-order chi connectivity index (χ0) is 22.7. The summed E-state index contributed by atoms with van der Waals surface area (Å²) in [7, 11) is 0. The maximum Gasteiger partial charge on any atom is 0.237 e. The number of carbonyl (C=O) groups is 1. The lowest BCUT2D eigenvalue weighted by Gasteiger charge is -2.12. The van der Waals surface area contributed by atoms with Gasteiger partial charge in [0.05, 0.1) is 11.4 Å². The zero-order valence-electron chi connectivity index (χ0n) is 17.9. The summed E-state index contributed by atoms with van der Waals surface area (Å²) in [6.45, 7) is 6.04. The first-order chi connectivity index (χ1) is 15.3.